The zero-order chi connectivity index (χ0) is 21.5. The molecule has 152 valence electrons. The molecule has 7 heteroatoms. The summed E-state index contributed by atoms with van der Waals surface area (Å²) in [5.74, 6) is -2.28. The van der Waals surface area contributed by atoms with Crippen LogP contribution in [0, 0.1) is 12.7 Å². The lowest BCUT2D eigenvalue weighted by Gasteiger charge is -2.25. The average Bonchev–Trinajstić information content (AvgIpc) is 2.94. The predicted molar refractivity (Wildman–Crippen MR) is 109 cm³/mol. The fraction of sp³-hybridized carbons (Fsp3) is 0.273. The zero-order valence-corrected chi connectivity index (χ0v) is 17.0. The summed E-state index contributed by atoms with van der Waals surface area (Å²) in [7, 11) is 0. The number of carbonyl (C=O) groups is 2. The lowest BCUT2D eigenvalue weighted by molar-refractivity contribution is -0.143. The number of fused-ring (bicyclic) bond motifs is 1. The van der Waals surface area contributed by atoms with E-state index < -0.39 is 23.1 Å². The van der Waals surface area contributed by atoms with Crippen molar-refractivity contribution in [2.75, 3.05) is 0 Å². The van der Waals surface area contributed by atoms with Gasteiger partial charge in [-0.2, -0.15) is 0 Å². The van der Waals surface area contributed by atoms with Gasteiger partial charge in [0.25, 0.3) is 5.91 Å². The van der Waals surface area contributed by atoms with Gasteiger partial charge in [-0.25, -0.2) is 4.39 Å². The van der Waals surface area contributed by atoms with Crippen LogP contribution in [0.15, 0.2) is 36.4 Å². The monoisotopic (exact) mass is 417 g/mol. The fourth-order valence-electron chi connectivity index (χ4n) is 3.96. The summed E-state index contributed by atoms with van der Waals surface area (Å²) in [5, 5.41) is 20.4. The minimum atomic E-state index is -1.26. The molecule has 0 amide bonds. The van der Waals surface area contributed by atoms with E-state index in [1.54, 1.807) is 19.9 Å². The fourth-order valence-corrected chi connectivity index (χ4v) is 4.08. The normalized spacial score (nSPS) is 13.4. The Morgan fingerprint density at radius 1 is 1.21 bits per heavy atom. The Bertz CT molecular complexity index is 1140. The number of halogens is 2. The lowest BCUT2D eigenvalue weighted by Crippen LogP contribution is -2.33. The van der Waals surface area contributed by atoms with Crippen molar-refractivity contribution in [3.05, 3.63) is 64.1 Å². The van der Waals surface area contributed by atoms with Gasteiger partial charge in [0, 0.05) is 16.6 Å². The SMILES string of the molecule is CCC[C@@](C)(C(=O)O)c1c(C)n(C(=O)c2ccc(Cl)c(F)c2)c2ccc(O)cc12. The van der Waals surface area contributed by atoms with Gasteiger partial charge in [0.15, 0.2) is 0 Å². The Hall–Kier alpha value is -2.86. The Kier molecular flexibility index (Phi) is 5.41. The molecule has 2 N–H and O–H groups in total. The molecule has 29 heavy (non-hydrogen) atoms. The molecule has 0 radical (unpaired) electrons. The molecule has 0 bridgehead atoms. The third-order valence-electron chi connectivity index (χ3n) is 5.33. The molecule has 5 nitrogen and oxygen atoms in total. The van der Waals surface area contributed by atoms with E-state index in [0.717, 1.165) is 6.07 Å². The van der Waals surface area contributed by atoms with E-state index in [9.17, 15) is 24.2 Å². The van der Waals surface area contributed by atoms with Crippen molar-refractivity contribution in [2.24, 2.45) is 0 Å². The summed E-state index contributed by atoms with van der Waals surface area (Å²) >= 11 is 5.72. The Morgan fingerprint density at radius 2 is 1.90 bits per heavy atom. The number of rotatable bonds is 5. The van der Waals surface area contributed by atoms with Crippen LogP contribution < -0.4 is 0 Å². The van der Waals surface area contributed by atoms with Crippen LogP contribution in [-0.4, -0.2) is 26.7 Å². The molecule has 0 saturated heterocycles. The highest BCUT2D eigenvalue weighted by Gasteiger charge is 2.39. The van der Waals surface area contributed by atoms with Crippen LogP contribution in [0.25, 0.3) is 10.9 Å². The van der Waals surface area contributed by atoms with Crippen molar-refractivity contribution in [1.29, 1.82) is 0 Å². The van der Waals surface area contributed by atoms with Crippen molar-refractivity contribution in [2.45, 2.75) is 39.0 Å². The van der Waals surface area contributed by atoms with Crippen LogP contribution in [0.3, 0.4) is 0 Å². The number of hydrogen-bond donors (Lipinski definition) is 2. The summed E-state index contributed by atoms with van der Waals surface area (Å²) in [4.78, 5) is 25.4. The molecule has 1 atom stereocenters. The molecule has 0 fully saturated rings. The lowest BCUT2D eigenvalue weighted by atomic mass is 9.77. The molecule has 0 spiro atoms. The van der Waals surface area contributed by atoms with Crippen molar-refractivity contribution < 1.29 is 24.2 Å². The first-order valence-electron chi connectivity index (χ1n) is 9.19. The number of phenolic OH excluding ortho intramolecular Hbond substituents is 1. The molecule has 3 aromatic rings. The largest absolute Gasteiger partial charge is 0.508 e. The number of aromatic hydroxyl groups is 1. The van der Waals surface area contributed by atoms with Gasteiger partial charge in [-0.05, 0) is 62.2 Å². The van der Waals surface area contributed by atoms with Gasteiger partial charge < -0.3 is 10.2 Å². The van der Waals surface area contributed by atoms with Gasteiger partial charge in [-0.1, -0.05) is 24.9 Å². The van der Waals surface area contributed by atoms with Crippen molar-refractivity contribution in [3.63, 3.8) is 0 Å². The molecule has 1 heterocycles. The summed E-state index contributed by atoms with van der Waals surface area (Å²) in [6.07, 6.45) is 0.964. The second-order valence-corrected chi connectivity index (χ2v) is 7.73. The van der Waals surface area contributed by atoms with E-state index in [4.69, 9.17) is 11.6 Å². The van der Waals surface area contributed by atoms with Gasteiger partial charge in [0.1, 0.15) is 11.6 Å². The highest BCUT2D eigenvalue weighted by Crippen LogP contribution is 2.40. The van der Waals surface area contributed by atoms with Crippen LogP contribution in [0.4, 0.5) is 4.39 Å². The molecule has 3 rings (SSSR count). The molecular formula is C22H21ClFNO4. The number of carboxylic acids is 1. The molecular weight excluding hydrogens is 397 g/mol. The maximum absolute atomic E-state index is 13.9. The van der Waals surface area contributed by atoms with Gasteiger partial charge in [0.05, 0.1) is 16.0 Å². The number of benzene rings is 2. The maximum atomic E-state index is 13.9. The highest BCUT2D eigenvalue weighted by atomic mass is 35.5. The van der Waals surface area contributed by atoms with Crippen molar-refractivity contribution >= 4 is 34.4 Å². The van der Waals surface area contributed by atoms with Crippen LogP contribution in [0.2, 0.25) is 5.02 Å². The van der Waals surface area contributed by atoms with E-state index in [-0.39, 0.29) is 16.3 Å². The molecule has 2 aromatic carbocycles. The molecule has 0 aliphatic rings. The second-order valence-electron chi connectivity index (χ2n) is 7.32. The minimum absolute atomic E-state index is 0.0369. The number of hydrogen-bond acceptors (Lipinski definition) is 3. The number of carboxylic acid groups (broad SMARTS) is 1. The zero-order valence-electron chi connectivity index (χ0n) is 16.3. The number of aromatic nitrogens is 1. The first-order valence-corrected chi connectivity index (χ1v) is 9.57. The molecule has 1 aromatic heterocycles. The quantitative estimate of drug-likeness (QED) is 0.592. The van der Waals surface area contributed by atoms with Crippen molar-refractivity contribution in [1.82, 2.24) is 4.57 Å². The third-order valence-corrected chi connectivity index (χ3v) is 5.64. The van der Waals surface area contributed by atoms with E-state index in [2.05, 4.69) is 0 Å². The van der Waals surface area contributed by atoms with Gasteiger partial charge >= 0.3 is 5.97 Å². The Balaban J connectivity index is 2.34. The standard InChI is InChI=1S/C22H21ClFNO4/c1-4-9-22(3,21(28)29)19-12(2)25(18-8-6-14(26)11-15(18)19)20(27)13-5-7-16(23)17(24)10-13/h5-8,10-11,26H,4,9H2,1-3H3,(H,28,29)/t22-/m1/s1. The van der Waals surface area contributed by atoms with E-state index in [0.29, 0.717) is 35.0 Å². The summed E-state index contributed by atoms with van der Waals surface area (Å²) in [6.45, 7) is 5.16. The first-order chi connectivity index (χ1) is 13.6. The van der Waals surface area contributed by atoms with E-state index in [1.807, 2.05) is 6.92 Å². The molecule has 0 unspecified atom stereocenters. The Labute approximate surface area is 172 Å². The molecule has 0 aliphatic carbocycles. The number of carbonyl (C=O) groups excluding carboxylic acids is 1. The number of aliphatic carboxylic acids is 1. The van der Waals surface area contributed by atoms with Crippen LogP contribution >= 0.6 is 11.6 Å². The maximum Gasteiger partial charge on any atom is 0.313 e. The van der Waals surface area contributed by atoms with Gasteiger partial charge in [-0.3, -0.25) is 14.2 Å². The van der Waals surface area contributed by atoms with Crippen LogP contribution in [-0.2, 0) is 10.2 Å². The molecule has 0 saturated carbocycles. The Morgan fingerprint density at radius 3 is 2.48 bits per heavy atom. The van der Waals surface area contributed by atoms with Crippen molar-refractivity contribution in [3.8, 4) is 5.75 Å². The summed E-state index contributed by atoms with van der Waals surface area (Å²) in [6, 6.07) is 8.21. The molecule has 0 aliphatic heterocycles. The first kappa shape index (κ1) is 20.9. The smallest absolute Gasteiger partial charge is 0.313 e. The summed E-state index contributed by atoms with van der Waals surface area (Å²) < 4.78 is 15.3. The van der Waals surface area contributed by atoms with Gasteiger partial charge in [-0.15, -0.1) is 0 Å². The van der Waals surface area contributed by atoms with Crippen LogP contribution in [0.1, 0.15) is 48.3 Å². The third kappa shape index (κ3) is 3.38. The predicted octanol–water partition coefficient (Wildman–Crippen LogP) is 5.28. The van der Waals surface area contributed by atoms with Gasteiger partial charge in [0.2, 0.25) is 0 Å². The van der Waals surface area contributed by atoms with E-state index in [1.165, 1.54) is 28.8 Å². The topological polar surface area (TPSA) is 79.5 Å². The van der Waals surface area contributed by atoms with Crippen LogP contribution in [0.5, 0.6) is 5.75 Å². The second kappa shape index (κ2) is 7.52. The summed E-state index contributed by atoms with van der Waals surface area (Å²) in [5.41, 5.74) is 0.157. The minimum Gasteiger partial charge on any atom is -0.508 e. The highest BCUT2D eigenvalue weighted by molar-refractivity contribution is 6.30. The number of phenols is 1. The number of nitrogens with zero attached hydrogens (tertiary/aromatic N) is 1. The van der Waals surface area contributed by atoms with E-state index >= 15 is 0 Å². The average molecular weight is 418 g/mol.